The lowest BCUT2D eigenvalue weighted by Crippen LogP contribution is -2.06. The first-order valence-corrected chi connectivity index (χ1v) is 19.9. The minimum Gasteiger partial charge on any atom is -0.309 e. The van der Waals surface area contributed by atoms with Crippen molar-refractivity contribution in [2.75, 3.05) is 0 Å². The van der Waals surface area contributed by atoms with Gasteiger partial charge in [0, 0.05) is 58.5 Å². The van der Waals surface area contributed by atoms with Gasteiger partial charge in [0.1, 0.15) is 0 Å². The van der Waals surface area contributed by atoms with Crippen LogP contribution in [0.25, 0.3) is 109 Å². The molecular weight excluding hydrogens is 715 g/mol. The summed E-state index contributed by atoms with van der Waals surface area (Å²) >= 11 is 1.79. The van der Waals surface area contributed by atoms with Crippen molar-refractivity contribution in [1.82, 2.24) is 24.1 Å². The second kappa shape index (κ2) is 12.6. The summed E-state index contributed by atoms with van der Waals surface area (Å²) in [5, 5.41) is 7.16. The van der Waals surface area contributed by atoms with Gasteiger partial charge >= 0.3 is 0 Å². The van der Waals surface area contributed by atoms with Crippen LogP contribution in [0.3, 0.4) is 0 Å². The van der Waals surface area contributed by atoms with Crippen molar-refractivity contribution in [3.63, 3.8) is 0 Å². The Hall–Kier alpha value is -7.41. The molecule has 6 heteroatoms. The number of nitrogens with zero attached hydrogens (tertiary/aromatic N) is 5. The fourth-order valence-electron chi connectivity index (χ4n) is 8.68. The highest BCUT2D eigenvalue weighted by atomic mass is 32.1. The smallest absolute Gasteiger partial charge is 0.238 e. The molecule has 0 aliphatic rings. The van der Waals surface area contributed by atoms with Gasteiger partial charge in [-0.2, -0.15) is 9.97 Å². The Balaban J connectivity index is 1.18. The van der Waals surface area contributed by atoms with Crippen molar-refractivity contribution >= 4 is 75.1 Å². The number of benzene rings is 8. The largest absolute Gasteiger partial charge is 0.309 e. The summed E-state index contributed by atoms with van der Waals surface area (Å²) in [6.45, 7) is 0. The van der Waals surface area contributed by atoms with Gasteiger partial charge in [-0.1, -0.05) is 140 Å². The lowest BCUT2D eigenvalue weighted by Gasteiger charge is -2.12. The molecule has 4 aromatic heterocycles. The monoisotopic (exact) mass is 745 g/mol. The molecule has 4 heterocycles. The highest BCUT2D eigenvalue weighted by Crippen LogP contribution is 2.43. The molecule has 0 saturated carbocycles. The van der Waals surface area contributed by atoms with Crippen molar-refractivity contribution < 1.29 is 0 Å². The minimum absolute atomic E-state index is 0.575. The van der Waals surface area contributed by atoms with Crippen LogP contribution in [0.2, 0.25) is 0 Å². The number of para-hydroxylation sites is 3. The van der Waals surface area contributed by atoms with Gasteiger partial charge in [-0.15, -0.1) is 11.3 Å². The Labute approximate surface area is 331 Å². The van der Waals surface area contributed by atoms with Gasteiger partial charge in [0.15, 0.2) is 11.6 Å². The van der Waals surface area contributed by atoms with E-state index in [2.05, 4.69) is 191 Å². The maximum absolute atomic E-state index is 5.42. The molecule has 0 unspecified atom stereocenters. The van der Waals surface area contributed by atoms with Crippen molar-refractivity contribution in [2.24, 2.45) is 0 Å². The number of thiophene rings is 1. The first kappa shape index (κ1) is 31.9. The second-order valence-corrected chi connectivity index (χ2v) is 15.5. The molecule has 0 atom stereocenters. The highest BCUT2D eigenvalue weighted by molar-refractivity contribution is 7.26. The van der Waals surface area contributed by atoms with E-state index in [0.717, 1.165) is 60.0 Å². The van der Waals surface area contributed by atoms with Crippen molar-refractivity contribution in [1.29, 1.82) is 0 Å². The molecule has 0 N–H and O–H groups in total. The summed E-state index contributed by atoms with van der Waals surface area (Å²) < 4.78 is 7.05. The van der Waals surface area contributed by atoms with E-state index in [0.29, 0.717) is 17.6 Å². The predicted molar refractivity (Wildman–Crippen MR) is 238 cm³/mol. The van der Waals surface area contributed by atoms with E-state index in [9.17, 15) is 0 Å². The van der Waals surface area contributed by atoms with E-state index < -0.39 is 0 Å². The van der Waals surface area contributed by atoms with E-state index in [1.165, 1.54) is 31.8 Å². The quantitative estimate of drug-likeness (QED) is 0.176. The first-order chi connectivity index (χ1) is 28.3. The van der Waals surface area contributed by atoms with Crippen LogP contribution in [0.15, 0.2) is 188 Å². The van der Waals surface area contributed by atoms with Crippen LogP contribution in [0, 0.1) is 0 Å². The first-order valence-electron chi connectivity index (χ1n) is 19.1. The Kier molecular flexibility index (Phi) is 7.03. The Morgan fingerprint density at radius 3 is 1.86 bits per heavy atom. The van der Waals surface area contributed by atoms with Gasteiger partial charge in [-0.05, 0) is 59.7 Å². The SMILES string of the molecule is c1ccc(-c2cccc(-c3nc(-c4cccc5c4sc4ccccc45)nc(-n4c5ccccc5c5c4ccc4c6ccccc6n(-c6ccccc6)c45)n3)c2)cc1. The van der Waals surface area contributed by atoms with Gasteiger partial charge in [-0.25, -0.2) is 4.98 Å². The molecular formula is C51H31N5S. The molecule has 0 fully saturated rings. The summed E-state index contributed by atoms with van der Waals surface area (Å²) in [5.41, 5.74) is 9.68. The van der Waals surface area contributed by atoms with Crippen LogP contribution in [-0.2, 0) is 0 Å². The van der Waals surface area contributed by atoms with E-state index in [-0.39, 0.29) is 0 Å². The van der Waals surface area contributed by atoms with Gasteiger partial charge in [-0.3, -0.25) is 4.57 Å². The molecule has 0 aliphatic heterocycles. The zero-order valence-electron chi connectivity index (χ0n) is 30.5. The summed E-state index contributed by atoms with van der Waals surface area (Å²) in [7, 11) is 0. The van der Waals surface area contributed by atoms with E-state index in [1.54, 1.807) is 11.3 Å². The number of hydrogen-bond donors (Lipinski definition) is 0. The van der Waals surface area contributed by atoms with Crippen LogP contribution in [-0.4, -0.2) is 24.1 Å². The average molecular weight is 746 g/mol. The summed E-state index contributed by atoms with van der Waals surface area (Å²) in [6.07, 6.45) is 0. The number of hydrogen-bond acceptors (Lipinski definition) is 4. The van der Waals surface area contributed by atoms with Crippen LogP contribution in [0.5, 0.6) is 0 Å². The lowest BCUT2D eigenvalue weighted by atomic mass is 10.0. The molecule has 12 rings (SSSR count). The van der Waals surface area contributed by atoms with Crippen molar-refractivity contribution in [3.8, 4) is 45.5 Å². The molecule has 0 radical (unpaired) electrons. The topological polar surface area (TPSA) is 48.5 Å². The molecule has 8 aromatic carbocycles. The molecule has 0 amide bonds. The molecule has 57 heavy (non-hydrogen) atoms. The van der Waals surface area contributed by atoms with Crippen LogP contribution in [0.4, 0.5) is 0 Å². The fraction of sp³-hybridized carbons (Fsp3) is 0. The zero-order valence-corrected chi connectivity index (χ0v) is 31.4. The Morgan fingerprint density at radius 2 is 1.02 bits per heavy atom. The maximum atomic E-state index is 5.42. The third-order valence-corrected chi connectivity index (χ3v) is 12.4. The highest BCUT2D eigenvalue weighted by Gasteiger charge is 2.23. The van der Waals surface area contributed by atoms with Gasteiger partial charge in [0.25, 0.3) is 0 Å². The second-order valence-electron chi connectivity index (χ2n) is 14.4. The van der Waals surface area contributed by atoms with E-state index in [1.807, 2.05) is 6.07 Å². The third-order valence-electron chi connectivity index (χ3n) is 11.2. The van der Waals surface area contributed by atoms with E-state index in [4.69, 9.17) is 15.0 Å². The molecule has 0 spiro atoms. The van der Waals surface area contributed by atoms with Crippen LogP contribution < -0.4 is 0 Å². The predicted octanol–water partition coefficient (Wildman–Crippen LogP) is 13.4. The van der Waals surface area contributed by atoms with Crippen molar-refractivity contribution in [3.05, 3.63) is 188 Å². The molecule has 5 nitrogen and oxygen atoms in total. The molecule has 12 aromatic rings. The average Bonchev–Trinajstić information content (AvgIpc) is 3.95. The minimum atomic E-state index is 0.575. The summed E-state index contributed by atoms with van der Waals surface area (Å²) in [6, 6.07) is 66.6. The molecule has 0 saturated heterocycles. The standard InChI is InChI=1S/C51H31N5S/c1-3-15-32(16-4-1)33-17-13-18-34(31-33)49-52-50(41-25-14-24-39-37-22-9-12-28-45(37)57-48(39)41)54-51(53-49)56-43-27-11-8-23-40(43)46-44(56)30-29-38-36-21-7-10-26-42(36)55(47(38)46)35-19-5-2-6-20-35/h1-31H. The molecule has 0 aliphatic carbocycles. The summed E-state index contributed by atoms with van der Waals surface area (Å²) in [4.78, 5) is 16.1. The Bertz CT molecular complexity index is 3520. The summed E-state index contributed by atoms with van der Waals surface area (Å²) in [5.74, 6) is 1.84. The normalized spacial score (nSPS) is 11.9. The van der Waals surface area contributed by atoms with E-state index >= 15 is 0 Å². The number of aromatic nitrogens is 5. The van der Waals surface area contributed by atoms with Crippen LogP contribution >= 0.6 is 11.3 Å². The third kappa shape index (κ3) is 4.91. The zero-order chi connectivity index (χ0) is 37.5. The van der Waals surface area contributed by atoms with Crippen LogP contribution in [0.1, 0.15) is 0 Å². The Morgan fingerprint density at radius 1 is 0.386 bits per heavy atom. The number of rotatable bonds is 5. The van der Waals surface area contributed by atoms with Gasteiger partial charge < -0.3 is 4.57 Å². The maximum Gasteiger partial charge on any atom is 0.238 e. The molecule has 0 bridgehead atoms. The number of fused-ring (bicyclic) bond motifs is 10. The fourth-order valence-corrected chi connectivity index (χ4v) is 9.89. The lowest BCUT2D eigenvalue weighted by molar-refractivity contribution is 0.954. The molecule has 266 valence electrons. The van der Waals surface area contributed by atoms with Crippen molar-refractivity contribution in [2.45, 2.75) is 0 Å². The van der Waals surface area contributed by atoms with Gasteiger partial charge in [0.2, 0.25) is 5.95 Å². The van der Waals surface area contributed by atoms with Gasteiger partial charge in [0.05, 0.1) is 22.1 Å².